The summed E-state index contributed by atoms with van der Waals surface area (Å²) in [5, 5.41) is 9.98. The number of hydrogen-bond acceptors (Lipinski definition) is 4. The number of para-hydroxylation sites is 2. The normalized spacial score (nSPS) is 11.8. The molecule has 0 amide bonds. The Kier molecular flexibility index (Phi) is 5.06. The zero-order chi connectivity index (χ0) is 15.2. The molecule has 0 radical (unpaired) electrons. The number of aliphatic hydroxyl groups is 1. The van der Waals surface area contributed by atoms with E-state index in [0.29, 0.717) is 35.2 Å². The second-order valence-electron chi connectivity index (χ2n) is 4.53. The van der Waals surface area contributed by atoms with Crippen LogP contribution in [-0.4, -0.2) is 18.8 Å². The van der Waals surface area contributed by atoms with Crippen molar-refractivity contribution in [3.63, 3.8) is 0 Å². The summed E-state index contributed by atoms with van der Waals surface area (Å²) in [5.74, 6) is 2.42. The Bertz CT molecular complexity index is 593. The molecule has 1 N–H and O–H groups in total. The van der Waals surface area contributed by atoms with Gasteiger partial charge in [-0.3, -0.25) is 0 Å². The molecule has 0 aliphatic rings. The smallest absolute Gasteiger partial charge is 0.169 e. The number of benzene rings is 2. The van der Waals surface area contributed by atoms with Gasteiger partial charge in [-0.25, -0.2) is 0 Å². The van der Waals surface area contributed by atoms with Gasteiger partial charge >= 0.3 is 0 Å². The van der Waals surface area contributed by atoms with Crippen LogP contribution in [0.2, 0.25) is 0 Å². The molecule has 112 valence electrons. The third-order valence-corrected chi connectivity index (χ3v) is 3.03. The summed E-state index contributed by atoms with van der Waals surface area (Å²) >= 11 is 0. The Morgan fingerprint density at radius 1 is 0.952 bits per heavy atom. The average Bonchev–Trinajstić information content (AvgIpc) is 2.49. The van der Waals surface area contributed by atoms with Crippen LogP contribution in [0.5, 0.6) is 23.0 Å². The maximum absolute atomic E-state index is 9.98. The minimum atomic E-state index is -0.699. The molecule has 4 heteroatoms. The first-order chi connectivity index (χ1) is 10.2. The standard InChI is InChI=1S/C17H20O4/c1-4-20-13-8-5-6-9-14(13)21-16-11-7-10-15(19-3)17(16)12(2)18/h5-12,18H,4H2,1-3H3/t12-/m0/s1. The van der Waals surface area contributed by atoms with Crippen molar-refractivity contribution in [2.45, 2.75) is 20.0 Å². The quantitative estimate of drug-likeness (QED) is 0.874. The lowest BCUT2D eigenvalue weighted by atomic mass is 10.1. The third-order valence-electron chi connectivity index (χ3n) is 3.03. The molecule has 0 saturated carbocycles. The zero-order valence-electron chi connectivity index (χ0n) is 12.5. The molecule has 0 aromatic heterocycles. The number of rotatable bonds is 6. The Morgan fingerprint density at radius 3 is 2.19 bits per heavy atom. The Hall–Kier alpha value is -2.20. The lowest BCUT2D eigenvalue weighted by molar-refractivity contribution is 0.190. The molecule has 2 aromatic carbocycles. The summed E-state index contributed by atoms with van der Waals surface area (Å²) in [6.07, 6.45) is -0.699. The van der Waals surface area contributed by atoms with Crippen molar-refractivity contribution in [3.8, 4) is 23.0 Å². The molecule has 0 spiro atoms. The van der Waals surface area contributed by atoms with Crippen molar-refractivity contribution in [2.24, 2.45) is 0 Å². The van der Waals surface area contributed by atoms with Gasteiger partial charge in [0.1, 0.15) is 11.5 Å². The molecule has 0 fully saturated rings. The molecule has 21 heavy (non-hydrogen) atoms. The number of aliphatic hydroxyl groups excluding tert-OH is 1. The SMILES string of the molecule is CCOc1ccccc1Oc1cccc(OC)c1[C@H](C)O. The summed E-state index contributed by atoms with van der Waals surface area (Å²) in [4.78, 5) is 0. The first-order valence-electron chi connectivity index (χ1n) is 6.92. The molecule has 0 aliphatic heterocycles. The summed E-state index contributed by atoms with van der Waals surface area (Å²) in [5.41, 5.74) is 0.617. The molecule has 2 aromatic rings. The van der Waals surface area contributed by atoms with Crippen molar-refractivity contribution < 1.29 is 19.3 Å². The predicted molar refractivity (Wildman–Crippen MR) is 81.3 cm³/mol. The van der Waals surface area contributed by atoms with Gasteiger partial charge in [0.05, 0.1) is 25.4 Å². The van der Waals surface area contributed by atoms with E-state index < -0.39 is 6.10 Å². The van der Waals surface area contributed by atoms with Crippen molar-refractivity contribution in [3.05, 3.63) is 48.0 Å². The first kappa shape index (κ1) is 15.2. The summed E-state index contributed by atoms with van der Waals surface area (Å²) in [7, 11) is 1.57. The fourth-order valence-corrected chi connectivity index (χ4v) is 2.13. The van der Waals surface area contributed by atoms with Crippen LogP contribution in [0.3, 0.4) is 0 Å². The Morgan fingerprint density at radius 2 is 1.57 bits per heavy atom. The Balaban J connectivity index is 2.40. The highest BCUT2D eigenvalue weighted by Crippen LogP contribution is 2.39. The topological polar surface area (TPSA) is 47.9 Å². The van der Waals surface area contributed by atoms with E-state index in [1.165, 1.54) is 0 Å². The molecule has 1 atom stereocenters. The zero-order valence-corrected chi connectivity index (χ0v) is 12.5. The monoisotopic (exact) mass is 288 g/mol. The maximum Gasteiger partial charge on any atom is 0.169 e. The fourth-order valence-electron chi connectivity index (χ4n) is 2.13. The van der Waals surface area contributed by atoms with Gasteiger partial charge in [-0.05, 0) is 38.1 Å². The highest BCUT2D eigenvalue weighted by molar-refractivity contribution is 5.50. The van der Waals surface area contributed by atoms with Crippen LogP contribution in [0.25, 0.3) is 0 Å². The fraction of sp³-hybridized carbons (Fsp3) is 0.294. The minimum absolute atomic E-state index is 0.552. The lowest BCUT2D eigenvalue weighted by Crippen LogP contribution is -2.01. The minimum Gasteiger partial charge on any atom is -0.496 e. The molecule has 0 saturated heterocycles. The molecule has 0 heterocycles. The van der Waals surface area contributed by atoms with Gasteiger partial charge in [0.2, 0.25) is 0 Å². The molecular formula is C17H20O4. The van der Waals surface area contributed by atoms with Crippen LogP contribution < -0.4 is 14.2 Å². The van der Waals surface area contributed by atoms with Gasteiger partial charge in [0, 0.05) is 0 Å². The van der Waals surface area contributed by atoms with E-state index in [4.69, 9.17) is 14.2 Å². The maximum atomic E-state index is 9.98. The van der Waals surface area contributed by atoms with Crippen molar-refractivity contribution in [1.29, 1.82) is 0 Å². The van der Waals surface area contributed by atoms with Gasteiger partial charge in [0.25, 0.3) is 0 Å². The highest BCUT2D eigenvalue weighted by Gasteiger charge is 2.17. The van der Waals surface area contributed by atoms with Gasteiger partial charge in [-0.2, -0.15) is 0 Å². The molecule has 4 nitrogen and oxygen atoms in total. The van der Waals surface area contributed by atoms with E-state index in [0.717, 1.165) is 0 Å². The summed E-state index contributed by atoms with van der Waals surface area (Å²) in [6, 6.07) is 12.9. The van der Waals surface area contributed by atoms with Gasteiger partial charge in [0.15, 0.2) is 11.5 Å². The van der Waals surface area contributed by atoms with Crippen molar-refractivity contribution in [2.75, 3.05) is 13.7 Å². The van der Waals surface area contributed by atoms with Gasteiger partial charge in [-0.1, -0.05) is 18.2 Å². The molecule has 2 rings (SSSR count). The molecule has 0 bridgehead atoms. The van der Waals surface area contributed by atoms with Gasteiger partial charge in [-0.15, -0.1) is 0 Å². The van der Waals surface area contributed by atoms with E-state index in [1.54, 1.807) is 26.2 Å². The van der Waals surface area contributed by atoms with Crippen LogP contribution in [0.4, 0.5) is 0 Å². The van der Waals surface area contributed by atoms with Crippen molar-refractivity contribution in [1.82, 2.24) is 0 Å². The average molecular weight is 288 g/mol. The number of ether oxygens (including phenoxy) is 3. The van der Waals surface area contributed by atoms with Crippen LogP contribution in [0.1, 0.15) is 25.5 Å². The highest BCUT2D eigenvalue weighted by atomic mass is 16.5. The molecule has 0 unspecified atom stereocenters. The van der Waals surface area contributed by atoms with Crippen LogP contribution >= 0.6 is 0 Å². The van der Waals surface area contributed by atoms with E-state index >= 15 is 0 Å². The second kappa shape index (κ2) is 6.99. The van der Waals surface area contributed by atoms with E-state index in [1.807, 2.05) is 37.3 Å². The van der Waals surface area contributed by atoms with Crippen LogP contribution in [-0.2, 0) is 0 Å². The van der Waals surface area contributed by atoms with Crippen LogP contribution in [0, 0.1) is 0 Å². The molecular weight excluding hydrogens is 268 g/mol. The van der Waals surface area contributed by atoms with Crippen molar-refractivity contribution >= 4 is 0 Å². The predicted octanol–water partition coefficient (Wildman–Crippen LogP) is 3.94. The lowest BCUT2D eigenvalue weighted by Gasteiger charge is -2.17. The van der Waals surface area contributed by atoms with E-state index in [9.17, 15) is 5.11 Å². The third kappa shape index (κ3) is 3.47. The summed E-state index contributed by atoms with van der Waals surface area (Å²) < 4.78 is 16.8. The first-order valence-corrected chi connectivity index (χ1v) is 6.92. The van der Waals surface area contributed by atoms with E-state index in [-0.39, 0.29) is 0 Å². The number of hydrogen-bond donors (Lipinski definition) is 1. The molecule has 0 aliphatic carbocycles. The second-order valence-corrected chi connectivity index (χ2v) is 4.53. The van der Waals surface area contributed by atoms with Crippen LogP contribution in [0.15, 0.2) is 42.5 Å². The summed E-state index contributed by atoms with van der Waals surface area (Å²) in [6.45, 7) is 4.16. The Labute approximate surface area is 124 Å². The van der Waals surface area contributed by atoms with Gasteiger partial charge < -0.3 is 19.3 Å². The number of methoxy groups -OCH3 is 1. The van der Waals surface area contributed by atoms with E-state index in [2.05, 4.69) is 0 Å². The largest absolute Gasteiger partial charge is 0.496 e.